The maximum absolute atomic E-state index is 12.7. The zero-order chi connectivity index (χ0) is 20.2. The van der Waals surface area contributed by atoms with Gasteiger partial charge >= 0.3 is 0 Å². The van der Waals surface area contributed by atoms with Gasteiger partial charge in [0.2, 0.25) is 10.0 Å². The summed E-state index contributed by atoms with van der Waals surface area (Å²) in [5.41, 5.74) is 2.75. The van der Waals surface area contributed by atoms with E-state index >= 15 is 0 Å². The van der Waals surface area contributed by atoms with Crippen molar-refractivity contribution >= 4 is 15.9 Å². The van der Waals surface area contributed by atoms with Crippen LogP contribution in [0.2, 0.25) is 0 Å². The monoisotopic (exact) mass is 388 g/mol. The molecule has 0 aliphatic carbocycles. The molecule has 0 aliphatic heterocycles. The van der Waals surface area contributed by atoms with Crippen molar-refractivity contribution in [1.82, 2.24) is 9.62 Å². The van der Waals surface area contributed by atoms with Gasteiger partial charge in [-0.25, -0.2) is 12.7 Å². The van der Waals surface area contributed by atoms with Gasteiger partial charge in [0, 0.05) is 19.7 Å². The summed E-state index contributed by atoms with van der Waals surface area (Å²) in [6.45, 7) is 6.23. The van der Waals surface area contributed by atoms with Gasteiger partial charge in [0.05, 0.1) is 10.9 Å². The Morgan fingerprint density at radius 3 is 2.00 bits per heavy atom. The molecule has 1 atom stereocenters. The van der Waals surface area contributed by atoms with Crippen molar-refractivity contribution in [2.45, 2.75) is 38.1 Å². The van der Waals surface area contributed by atoms with Crippen LogP contribution in [0.25, 0.3) is 0 Å². The van der Waals surface area contributed by atoms with Gasteiger partial charge in [-0.05, 0) is 47.7 Å². The molecule has 0 spiro atoms. The van der Waals surface area contributed by atoms with Crippen LogP contribution in [-0.4, -0.2) is 32.7 Å². The lowest BCUT2D eigenvalue weighted by Gasteiger charge is -2.23. The van der Waals surface area contributed by atoms with Gasteiger partial charge in [0.25, 0.3) is 5.91 Å². The third kappa shape index (κ3) is 4.96. The third-order valence-electron chi connectivity index (χ3n) is 4.60. The Bertz CT molecular complexity index is 871. The Morgan fingerprint density at radius 1 is 1.00 bits per heavy atom. The number of nitrogens with one attached hydrogen (secondary N) is 1. The molecule has 0 aliphatic rings. The zero-order valence-corrected chi connectivity index (χ0v) is 17.4. The van der Waals surface area contributed by atoms with Crippen molar-refractivity contribution in [1.29, 1.82) is 0 Å². The van der Waals surface area contributed by atoms with E-state index in [1.165, 1.54) is 31.8 Å². The van der Waals surface area contributed by atoms with Crippen LogP contribution in [0.3, 0.4) is 0 Å². The predicted octanol–water partition coefficient (Wildman–Crippen LogP) is 3.63. The molecule has 0 aromatic heterocycles. The average molecular weight is 389 g/mol. The van der Waals surface area contributed by atoms with Crippen molar-refractivity contribution in [3.8, 4) is 0 Å². The number of hydrogen-bond acceptors (Lipinski definition) is 3. The Hall–Kier alpha value is -2.18. The van der Waals surface area contributed by atoms with Crippen LogP contribution in [0.15, 0.2) is 53.4 Å². The summed E-state index contributed by atoms with van der Waals surface area (Å²) in [6.07, 6.45) is 0.973. The summed E-state index contributed by atoms with van der Waals surface area (Å²) in [7, 11) is -0.546. The molecule has 1 amide bonds. The predicted molar refractivity (Wildman–Crippen MR) is 108 cm³/mol. The first-order chi connectivity index (χ1) is 12.7. The Balaban J connectivity index is 2.20. The molecule has 1 N–H and O–H groups in total. The smallest absolute Gasteiger partial charge is 0.251 e. The summed E-state index contributed by atoms with van der Waals surface area (Å²) < 4.78 is 25.4. The number of sulfonamides is 1. The van der Waals surface area contributed by atoms with Crippen molar-refractivity contribution in [2.75, 3.05) is 14.1 Å². The highest BCUT2D eigenvalue weighted by Crippen LogP contribution is 2.23. The second kappa shape index (κ2) is 8.67. The quantitative estimate of drug-likeness (QED) is 0.788. The minimum Gasteiger partial charge on any atom is -0.345 e. The fraction of sp³-hybridized carbons (Fsp3) is 0.381. The normalized spacial score (nSPS) is 13.0. The van der Waals surface area contributed by atoms with Crippen molar-refractivity contribution < 1.29 is 13.2 Å². The molecule has 146 valence electrons. The van der Waals surface area contributed by atoms with Crippen LogP contribution in [-0.2, 0) is 16.4 Å². The van der Waals surface area contributed by atoms with Gasteiger partial charge < -0.3 is 5.32 Å². The largest absolute Gasteiger partial charge is 0.345 e. The van der Waals surface area contributed by atoms with E-state index in [-0.39, 0.29) is 22.8 Å². The van der Waals surface area contributed by atoms with Crippen LogP contribution in [0.4, 0.5) is 0 Å². The SMILES string of the molecule is CCc1ccc(C(NC(=O)c2ccc(S(=O)(=O)N(C)C)cc2)C(C)C)cc1. The number of aryl methyl sites for hydroxylation is 1. The van der Waals surface area contributed by atoms with Gasteiger partial charge in [0.15, 0.2) is 0 Å². The van der Waals surface area contributed by atoms with Crippen molar-refractivity contribution in [3.63, 3.8) is 0 Å². The van der Waals surface area contributed by atoms with Gasteiger partial charge in [-0.1, -0.05) is 45.0 Å². The first-order valence-electron chi connectivity index (χ1n) is 9.09. The number of carbonyl (C=O) groups is 1. The van der Waals surface area contributed by atoms with Gasteiger partial charge in [-0.2, -0.15) is 0 Å². The topological polar surface area (TPSA) is 66.5 Å². The summed E-state index contributed by atoms with van der Waals surface area (Å²) in [6, 6.07) is 14.2. The summed E-state index contributed by atoms with van der Waals surface area (Å²) >= 11 is 0. The molecule has 0 bridgehead atoms. The minimum absolute atomic E-state index is 0.117. The number of rotatable bonds is 7. The second-order valence-electron chi connectivity index (χ2n) is 7.10. The van der Waals surface area contributed by atoms with E-state index in [1.807, 2.05) is 0 Å². The van der Waals surface area contributed by atoms with E-state index in [0.29, 0.717) is 5.56 Å². The van der Waals surface area contributed by atoms with Gasteiger partial charge in [0.1, 0.15) is 0 Å². The summed E-state index contributed by atoms with van der Waals surface area (Å²) in [5, 5.41) is 3.07. The molecular weight excluding hydrogens is 360 g/mol. The molecule has 0 saturated carbocycles. The highest BCUT2D eigenvalue weighted by Gasteiger charge is 2.21. The molecule has 0 saturated heterocycles. The lowest BCUT2D eigenvalue weighted by Crippen LogP contribution is -2.31. The van der Waals surface area contributed by atoms with Crippen LogP contribution in [0.1, 0.15) is 48.3 Å². The van der Waals surface area contributed by atoms with E-state index in [1.54, 1.807) is 12.1 Å². The molecule has 2 aromatic rings. The summed E-state index contributed by atoms with van der Waals surface area (Å²) in [5.74, 6) is -0.00288. The van der Waals surface area contributed by atoms with Crippen LogP contribution in [0.5, 0.6) is 0 Å². The van der Waals surface area contributed by atoms with Crippen LogP contribution < -0.4 is 5.32 Å². The van der Waals surface area contributed by atoms with E-state index in [9.17, 15) is 13.2 Å². The zero-order valence-electron chi connectivity index (χ0n) is 16.6. The lowest BCUT2D eigenvalue weighted by atomic mass is 9.94. The molecule has 5 nitrogen and oxygen atoms in total. The molecule has 0 radical (unpaired) electrons. The second-order valence-corrected chi connectivity index (χ2v) is 9.25. The first kappa shape index (κ1) is 21.1. The Labute approximate surface area is 162 Å². The molecule has 2 aromatic carbocycles. The first-order valence-corrected chi connectivity index (χ1v) is 10.5. The van der Waals surface area contributed by atoms with E-state index < -0.39 is 10.0 Å². The molecule has 27 heavy (non-hydrogen) atoms. The average Bonchev–Trinajstić information content (AvgIpc) is 2.65. The fourth-order valence-corrected chi connectivity index (χ4v) is 3.71. The highest BCUT2D eigenvalue weighted by molar-refractivity contribution is 7.89. The molecule has 1 unspecified atom stereocenters. The molecule has 0 heterocycles. The number of nitrogens with zero attached hydrogens (tertiary/aromatic N) is 1. The van der Waals surface area contributed by atoms with Gasteiger partial charge in [-0.3, -0.25) is 4.79 Å². The fourth-order valence-electron chi connectivity index (χ4n) is 2.81. The lowest BCUT2D eigenvalue weighted by molar-refractivity contribution is 0.0925. The van der Waals surface area contributed by atoms with E-state index in [4.69, 9.17) is 0 Å². The number of amides is 1. The van der Waals surface area contributed by atoms with Gasteiger partial charge in [-0.15, -0.1) is 0 Å². The highest BCUT2D eigenvalue weighted by atomic mass is 32.2. The molecule has 6 heteroatoms. The third-order valence-corrected chi connectivity index (χ3v) is 6.42. The van der Waals surface area contributed by atoms with Crippen molar-refractivity contribution in [2.24, 2.45) is 5.92 Å². The van der Waals surface area contributed by atoms with Crippen LogP contribution >= 0.6 is 0 Å². The Morgan fingerprint density at radius 2 is 1.56 bits per heavy atom. The number of hydrogen-bond donors (Lipinski definition) is 1. The maximum Gasteiger partial charge on any atom is 0.251 e. The van der Waals surface area contributed by atoms with Crippen LogP contribution in [0, 0.1) is 5.92 Å². The molecule has 2 rings (SSSR count). The maximum atomic E-state index is 12.7. The molecular formula is C21H28N2O3S. The van der Waals surface area contributed by atoms with Crippen molar-refractivity contribution in [3.05, 3.63) is 65.2 Å². The number of carbonyl (C=O) groups excluding carboxylic acids is 1. The number of benzene rings is 2. The van der Waals surface area contributed by atoms with E-state index in [2.05, 4.69) is 50.4 Å². The Kier molecular flexibility index (Phi) is 6.78. The minimum atomic E-state index is -3.50. The standard InChI is InChI=1S/C21H28N2O3S/c1-6-16-7-9-17(10-8-16)20(15(2)3)22-21(24)18-11-13-19(14-12-18)27(25,26)23(4)5/h7-15,20H,6H2,1-5H3,(H,22,24). The van der Waals surface area contributed by atoms with E-state index in [0.717, 1.165) is 16.3 Å². The summed E-state index contributed by atoms with van der Waals surface area (Å²) in [4.78, 5) is 12.8. The molecule has 0 fully saturated rings.